The summed E-state index contributed by atoms with van der Waals surface area (Å²) in [5.41, 5.74) is 6.64. The highest BCUT2D eigenvalue weighted by Gasteiger charge is 1.96. The van der Waals surface area contributed by atoms with E-state index in [2.05, 4.69) is 23.7 Å². The van der Waals surface area contributed by atoms with Crippen LogP contribution >= 0.6 is 11.3 Å². The Morgan fingerprint density at radius 2 is 2.50 bits per heavy atom. The Labute approximate surface area is 65.1 Å². The summed E-state index contributed by atoms with van der Waals surface area (Å²) < 4.78 is 0. The number of nitrogens with two attached hydrogens (primary N) is 1. The van der Waals surface area contributed by atoms with E-state index in [1.807, 2.05) is 0 Å². The zero-order valence-corrected chi connectivity index (χ0v) is 6.87. The van der Waals surface area contributed by atoms with Gasteiger partial charge in [0, 0.05) is 18.1 Å². The van der Waals surface area contributed by atoms with E-state index in [4.69, 9.17) is 5.73 Å². The van der Waals surface area contributed by atoms with Gasteiger partial charge in [0.05, 0.1) is 0 Å². The zero-order valence-electron chi connectivity index (χ0n) is 6.05. The minimum absolute atomic E-state index is 0.553. The Morgan fingerprint density at radius 3 is 3.00 bits per heavy atom. The van der Waals surface area contributed by atoms with Crippen molar-refractivity contribution in [3.63, 3.8) is 0 Å². The first-order chi connectivity index (χ1) is 4.84. The summed E-state index contributed by atoms with van der Waals surface area (Å²) >= 11 is 1.77. The van der Waals surface area contributed by atoms with Crippen LogP contribution in [0.2, 0.25) is 0 Å². The van der Waals surface area contributed by atoms with Crippen molar-refractivity contribution < 1.29 is 0 Å². The summed E-state index contributed by atoms with van der Waals surface area (Å²) in [6.45, 7) is 3.57. The lowest BCUT2D eigenvalue weighted by molar-refractivity contribution is 0.714. The maximum atomic E-state index is 5.29. The third kappa shape index (κ3) is 1.80. The topological polar surface area (TPSA) is 38.0 Å². The number of nitrogens with one attached hydrogen (secondary N) is 1. The summed E-state index contributed by atoms with van der Waals surface area (Å²) in [4.78, 5) is 1.38. The van der Waals surface area contributed by atoms with Gasteiger partial charge in [0.15, 0.2) is 0 Å². The molecule has 1 heterocycles. The average Bonchev–Trinajstić information content (AvgIpc) is 2.31. The number of hydrogen-bond donors (Lipinski definition) is 2. The quantitative estimate of drug-likeness (QED) is 0.642. The third-order valence-electron chi connectivity index (χ3n) is 1.40. The van der Waals surface area contributed by atoms with Crippen molar-refractivity contribution in [2.45, 2.75) is 13.5 Å². The predicted octanol–water partition coefficient (Wildman–Crippen LogP) is 1.06. The monoisotopic (exact) mass is 156 g/mol. The van der Waals surface area contributed by atoms with Crippen molar-refractivity contribution in [3.8, 4) is 0 Å². The van der Waals surface area contributed by atoms with Gasteiger partial charge in [0.2, 0.25) is 0 Å². The van der Waals surface area contributed by atoms with Crippen LogP contribution in [0.5, 0.6) is 0 Å². The van der Waals surface area contributed by atoms with Crippen molar-refractivity contribution in [1.82, 2.24) is 5.32 Å². The maximum Gasteiger partial charge on any atom is 0.0431 e. The van der Waals surface area contributed by atoms with Gasteiger partial charge in [-0.3, -0.25) is 5.32 Å². The summed E-state index contributed by atoms with van der Waals surface area (Å²) in [7, 11) is 0. The van der Waals surface area contributed by atoms with Crippen LogP contribution < -0.4 is 11.1 Å². The highest BCUT2D eigenvalue weighted by atomic mass is 32.1. The van der Waals surface area contributed by atoms with Gasteiger partial charge in [-0.05, 0) is 23.9 Å². The van der Waals surface area contributed by atoms with E-state index in [1.54, 1.807) is 11.3 Å². The smallest absolute Gasteiger partial charge is 0.0431 e. The van der Waals surface area contributed by atoms with E-state index in [-0.39, 0.29) is 0 Å². The molecule has 0 aliphatic carbocycles. The van der Waals surface area contributed by atoms with E-state index >= 15 is 0 Å². The summed E-state index contributed by atoms with van der Waals surface area (Å²) in [6.07, 6.45) is 0. The van der Waals surface area contributed by atoms with Crippen LogP contribution in [0.1, 0.15) is 10.4 Å². The fourth-order valence-electron chi connectivity index (χ4n) is 0.771. The van der Waals surface area contributed by atoms with Crippen molar-refractivity contribution >= 4 is 11.3 Å². The molecule has 1 rings (SSSR count). The van der Waals surface area contributed by atoms with Crippen molar-refractivity contribution in [2.75, 3.05) is 6.67 Å². The molecule has 0 fully saturated rings. The van der Waals surface area contributed by atoms with E-state index in [9.17, 15) is 0 Å². The highest BCUT2D eigenvalue weighted by Crippen LogP contribution is 2.14. The van der Waals surface area contributed by atoms with Crippen LogP contribution in [0.15, 0.2) is 11.4 Å². The molecular formula is C7H12N2S. The van der Waals surface area contributed by atoms with E-state index < -0.39 is 0 Å². The SMILES string of the molecule is Cc1ccsc1CNCN. The first-order valence-corrected chi connectivity index (χ1v) is 4.16. The molecule has 10 heavy (non-hydrogen) atoms. The predicted molar refractivity (Wildman–Crippen MR) is 45.0 cm³/mol. The lowest BCUT2D eigenvalue weighted by Crippen LogP contribution is -2.21. The fourth-order valence-corrected chi connectivity index (χ4v) is 1.65. The molecule has 0 aromatic carbocycles. The first kappa shape index (κ1) is 7.72. The Morgan fingerprint density at radius 1 is 1.70 bits per heavy atom. The molecule has 0 amide bonds. The molecule has 0 aliphatic heterocycles. The van der Waals surface area contributed by atoms with Gasteiger partial charge in [0.1, 0.15) is 0 Å². The zero-order chi connectivity index (χ0) is 7.40. The number of hydrogen-bond acceptors (Lipinski definition) is 3. The van der Waals surface area contributed by atoms with Gasteiger partial charge in [-0.25, -0.2) is 0 Å². The number of thiophene rings is 1. The van der Waals surface area contributed by atoms with E-state index in [0.29, 0.717) is 6.67 Å². The molecule has 2 nitrogen and oxygen atoms in total. The molecule has 0 aliphatic rings. The van der Waals surface area contributed by atoms with Crippen LogP contribution in [-0.4, -0.2) is 6.67 Å². The molecular weight excluding hydrogens is 144 g/mol. The first-order valence-electron chi connectivity index (χ1n) is 3.28. The van der Waals surface area contributed by atoms with Crippen molar-refractivity contribution in [3.05, 3.63) is 21.9 Å². The molecule has 0 saturated carbocycles. The minimum Gasteiger partial charge on any atom is -0.318 e. The third-order valence-corrected chi connectivity index (χ3v) is 2.42. The minimum atomic E-state index is 0.553. The Bertz CT molecular complexity index is 195. The Hall–Kier alpha value is -0.380. The van der Waals surface area contributed by atoms with Crippen LogP contribution in [0.3, 0.4) is 0 Å². The second-order valence-corrected chi connectivity index (χ2v) is 3.16. The Kier molecular flexibility index (Phi) is 2.86. The molecule has 0 unspecified atom stereocenters. The molecule has 56 valence electrons. The van der Waals surface area contributed by atoms with Crippen molar-refractivity contribution in [2.24, 2.45) is 5.73 Å². The highest BCUT2D eigenvalue weighted by molar-refractivity contribution is 7.10. The summed E-state index contributed by atoms with van der Waals surface area (Å²) in [6, 6.07) is 2.12. The van der Waals surface area contributed by atoms with Crippen LogP contribution in [0.25, 0.3) is 0 Å². The molecule has 0 saturated heterocycles. The second kappa shape index (κ2) is 3.71. The normalized spacial score (nSPS) is 10.2. The molecule has 3 N–H and O–H groups in total. The maximum absolute atomic E-state index is 5.29. The number of aryl methyl sites for hydroxylation is 1. The summed E-state index contributed by atoms with van der Waals surface area (Å²) in [5, 5.41) is 5.18. The van der Waals surface area contributed by atoms with E-state index in [0.717, 1.165) is 6.54 Å². The molecule has 0 radical (unpaired) electrons. The van der Waals surface area contributed by atoms with E-state index in [1.165, 1.54) is 10.4 Å². The molecule has 0 atom stereocenters. The van der Waals surface area contributed by atoms with Gasteiger partial charge in [-0.2, -0.15) is 0 Å². The van der Waals surface area contributed by atoms with Gasteiger partial charge < -0.3 is 5.73 Å². The molecule has 0 spiro atoms. The van der Waals surface area contributed by atoms with Crippen molar-refractivity contribution in [1.29, 1.82) is 0 Å². The average molecular weight is 156 g/mol. The standard InChI is InChI=1S/C7H12N2S/c1-6-2-3-10-7(6)4-9-5-8/h2-3,9H,4-5,8H2,1H3. The second-order valence-electron chi connectivity index (χ2n) is 2.16. The molecule has 0 bridgehead atoms. The summed E-state index contributed by atoms with van der Waals surface area (Å²) in [5.74, 6) is 0. The number of rotatable bonds is 3. The Balaban J connectivity index is 2.49. The van der Waals surface area contributed by atoms with Crippen LogP contribution in [-0.2, 0) is 6.54 Å². The molecule has 1 aromatic heterocycles. The largest absolute Gasteiger partial charge is 0.318 e. The molecule has 1 aromatic rings. The molecule has 3 heteroatoms. The lowest BCUT2D eigenvalue weighted by Gasteiger charge is -1.98. The van der Waals surface area contributed by atoms with Gasteiger partial charge in [-0.1, -0.05) is 0 Å². The van der Waals surface area contributed by atoms with Gasteiger partial charge >= 0.3 is 0 Å². The lowest BCUT2D eigenvalue weighted by atomic mass is 10.3. The van der Waals surface area contributed by atoms with Crippen LogP contribution in [0.4, 0.5) is 0 Å². The van der Waals surface area contributed by atoms with Gasteiger partial charge in [-0.15, -0.1) is 11.3 Å². The fraction of sp³-hybridized carbons (Fsp3) is 0.429. The van der Waals surface area contributed by atoms with Gasteiger partial charge in [0.25, 0.3) is 0 Å². The van der Waals surface area contributed by atoms with Crippen LogP contribution in [0, 0.1) is 6.92 Å².